The van der Waals surface area contributed by atoms with Crippen molar-refractivity contribution in [3.05, 3.63) is 0 Å². The summed E-state index contributed by atoms with van der Waals surface area (Å²) in [6, 6.07) is 0. The van der Waals surface area contributed by atoms with Crippen LogP contribution < -0.4 is 5.32 Å². The summed E-state index contributed by atoms with van der Waals surface area (Å²) in [5, 5.41) is 2.88. The Morgan fingerprint density at radius 3 is 2.15 bits per heavy atom. The fraction of sp³-hybridized carbons (Fsp3) is 0.944. The lowest BCUT2D eigenvalue weighted by Crippen LogP contribution is -2.49. The van der Waals surface area contributed by atoms with Crippen molar-refractivity contribution >= 4 is 37.0 Å². The molecular weight excluding hydrogens is 465 g/mol. The number of halogens is 1. The first-order chi connectivity index (χ1) is 11.7. The maximum atomic E-state index is 12.0. The summed E-state index contributed by atoms with van der Waals surface area (Å²) in [4.78, 5) is 12.0. The summed E-state index contributed by atoms with van der Waals surface area (Å²) in [6.07, 6.45) is -0.670. The number of hydrogen-bond donors (Lipinski definition) is 1. The number of rotatable bonds is 10. The lowest BCUT2D eigenvalue weighted by atomic mass is 10.2. The Morgan fingerprint density at radius 2 is 1.69 bits per heavy atom. The number of alkyl carbamates (subject to hydrolysis) is 1. The van der Waals surface area contributed by atoms with Crippen molar-refractivity contribution in [3.63, 3.8) is 0 Å². The molecule has 6 nitrogen and oxygen atoms in total. The molecule has 0 rings (SSSR count). The summed E-state index contributed by atoms with van der Waals surface area (Å²) in [5.74, 6) is 0. The maximum Gasteiger partial charge on any atom is 0.407 e. The maximum absolute atomic E-state index is 12.0. The molecule has 0 aliphatic carbocycles. The van der Waals surface area contributed by atoms with Gasteiger partial charge in [0.25, 0.3) is 0 Å². The van der Waals surface area contributed by atoms with Crippen molar-refractivity contribution < 1.29 is 23.4 Å². The molecule has 0 radical (unpaired) electrons. The molecule has 0 aromatic heterocycles. The minimum absolute atomic E-state index is 0.00457. The van der Waals surface area contributed by atoms with Crippen molar-refractivity contribution in [3.8, 4) is 0 Å². The molecule has 0 spiro atoms. The van der Waals surface area contributed by atoms with Crippen LogP contribution >= 0.6 is 22.6 Å². The first-order valence-corrected chi connectivity index (χ1v) is 13.3. The molecule has 1 N–H and O–H groups in total. The van der Waals surface area contributed by atoms with Crippen LogP contribution in [-0.2, 0) is 18.6 Å². The second-order valence-corrected chi connectivity index (χ2v) is 14.9. The van der Waals surface area contributed by atoms with Crippen LogP contribution in [0, 0.1) is 0 Å². The van der Waals surface area contributed by atoms with Gasteiger partial charge in [-0.3, -0.25) is 0 Å². The van der Waals surface area contributed by atoms with Gasteiger partial charge in [-0.05, 0) is 68.4 Å². The molecule has 1 amide bonds. The summed E-state index contributed by atoms with van der Waals surface area (Å²) in [5.41, 5.74) is -0.526. The Hall–Kier alpha value is 0.0969. The summed E-state index contributed by atoms with van der Waals surface area (Å²) >= 11 is 2.21. The largest absolute Gasteiger partial charge is 0.444 e. The molecule has 1 unspecified atom stereocenters. The van der Waals surface area contributed by atoms with E-state index in [1.165, 1.54) is 0 Å². The van der Waals surface area contributed by atoms with Gasteiger partial charge in [-0.15, -0.1) is 0 Å². The molecule has 8 heteroatoms. The van der Waals surface area contributed by atoms with Gasteiger partial charge in [0.1, 0.15) is 9.71 Å². The molecule has 0 bridgehead atoms. The van der Waals surface area contributed by atoms with Gasteiger partial charge in [0, 0.05) is 13.2 Å². The molecule has 0 saturated carbocycles. The van der Waals surface area contributed by atoms with Crippen LogP contribution in [0.25, 0.3) is 0 Å². The van der Waals surface area contributed by atoms with Gasteiger partial charge in [0.15, 0.2) is 8.32 Å². The average molecular weight is 503 g/mol. The van der Waals surface area contributed by atoms with Crippen LogP contribution in [0.4, 0.5) is 4.79 Å². The third-order valence-electron chi connectivity index (χ3n) is 4.04. The van der Waals surface area contributed by atoms with E-state index in [0.717, 1.165) is 0 Å². The zero-order valence-corrected chi connectivity index (χ0v) is 21.1. The molecule has 0 saturated heterocycles. The second kappa shape index (κ2) is 11.2. The van der Waals surface area contributed by atoms with Crippen LogP contribution in [0.15, 0.2) is 0 Å². The number of ether oxygens (including phenoxy) is 3. The minimum atomic E-state index is -1.98. The van der Waals surface area contributed by atoms with Crippen molar-refractivity contribution in [2.75, 3.05) is 26.4 Å². The highest BCUT2D eigenvalue weighted by molar-refractivity contribution is 14.1. The molecule has 0 aromatic carbocycles. The highest BCUT2D eigenvalue weighted by Crippen LogP contribution is 2.37. The number of carbonyl (C=O) groups is 1. The van der Waals surface area contributed by atoms with Crippen LogP contribution in [0.5, 0.6) is 0 Å². The number of hydrogen-bond acceptors (Lipinski definition) is 5. The van der Waals surface area contributed by atoms with E-state index in [2.05, 4.69) is 61.8 Å². The van der Waals surface area contributed by atoms with Gasteiger partial charge in [-0.25, -0.2) is 4.79 Å². The summed E-state index contributed by atoms with van der Waals surface area (Å²) in [7, 11) is -1.98. The molecule has 0 fully saturated rings. The van der Waals surface area contributed by atoms with E-state index in [4.69, 9.17) is 18.6 Å². The smallest absolute Gasteiger partial charge is 0.407 e. The first-order valence-electron chi connectivity index (χ1n) is 9.16. The monoisotopic (exact) mass is 503 g/mol. The lowest BCUT2D eigenvalue weighted by molar-refractivity contribution is 0.00229. The lowest BCUT2D eigenvalue weighted by Gasteiger charge is -2.39. The summed E-state index contributed by atoms with van der Waals surface area (Å²) < 4.78 is 23.0. The standard InChI is InChI=1S/C18H38INO5Si/c1-10-23-15(19)13-22-12-14(25-26(8,9)18(5,6)7)11-20-16(21)24-17(2,3)4/h14-15H,10-13H2,1-9H3,(H,20,21)/t14-,15?/m1/s1. The molecule has 0 aliphatic heterocycles. The van der Waals surface area contributed by atoms with Gasteiger partial charge in [0.2, 0.25) is 0 Å². The molecule has 156 valence electrons. The Morgan fingerprint density at radius 1 is 1.12 bits per heavy atom. The van der Waals surface area contributed by atoms with Gasteiger partial charge in [-0.1, -0.05) is 20.8 Å². The van der Waals surface area contributed by atoms with Crippen molar-refractivity contribution in [1.82, 2.24) is 5.32 Å². The third-order valence-corrected chi connectivity index (χ3v) is 9.29. The van der Waals surface area contributed by atoms with Crippen molar-refractivity contribution in [1.29, 1.82) is 0 Å². The van der Waals surface area contributed by atoms with E-state index < -0.39 is 20.0 Å². The van der Waals surface area contributed by atoms with Crippen molar-refractivity contribution in [2.45, 2.75) is 82.4 Å². The van der Waals surface area contributed by atoms with E-state index in [1.807, 2.05) is 27.7 Å². The van der Waals surface area contributed by atoms with E-state index in [9.17, 15) is 4.79 Å². The number of carbonyl (C=O) groups excluding carboxylic acids is 1. The zero-order valence-electron chi connectivity index (χ0n) is 17.9. The highest BCUT2D eigenvalue weighted by Gasteiger charge is 2.39. The predicted octanol–water partition coefficient (Wildman–Crippen LogP) is 4.72. The Kier molecular flexibility index (Phi) is 11.2. The van der Waals surface area contributed by atoms with Crippen LogP contribution in [0.2, 0.25) is 18.1 Å². The molecular formula is C18H38INO5Si. The van der Waals surface area contributed by atoms with Crippen molar-refractivity contribution in [2.24, 2.45) is 0 Å². The Bertz CT molecular complexity index is 421. The highest BCUT2D eigenvalue weighted by atomic mass is 127. The van der Waals surface area contributed by atoms with E-state index >= 15 is 0 Å². The number of nitrogens with one attached hydrogen (secondary N) is 1. The minimum Gasteiger partial charge on any atom is -0.444 e. The normalized spacial score (nSPS) is 15.5. The Balaban J connectivity index is 4.75. The SMILES string of the molecule is CCOC(I)COC[C@@H](CNC(=O)OC(C)(C)C)O[Si](C)(C)C(C)(C)C. The quantitative estimate of drug-likeness (QED) is 0.266. The molecule has 2 atom stereocenters. The number of alkyl halides is 1. The van der Waals surface area contributed by atoms with E-state index in [0.29, 0.717) is 26.4 Å². The van der Waals surface area contributed by atoms with Crippen LogP contribution in [0.3, 0.4) is 0 Å². The van der Waals surface area contributed by atoms with E-state index in [-0.39, 0.29) is 15.3 Å². The zero-order chi connectivity index (χ0) is 20.6. The number of amides is 1. The van der Waals surface area contributed by atoms with Gasteiger partial charge >= 0.3 is 6.09 Å². The molecule has 0 aliphatic rings. The average Bonchev–Trinajstić information content (AvgIpc) is 2.41. The van der Waals surface area contributed by atoms with E-state index in [1.54, 1.807) is 0 Å². The molecule has 26 heavy (non-hydrogen) atoms. The predicted molar refractivity (Wildman–Crippen MR) is 117 cm³/mol. The van der Waals surface area contributed by atoms with Crippen LogP contribution in [-0.4, -0.2) is 56.6 Å². The second-order valence-electron chi connectivity index (χ2n) is 8.79. The fourth-order valence-corrected chi connectivity index (χ4v) is 3.71. The molecule has 0 aromatic rings. The third kappa shape index (κ3) is 11.7. The van der Waals surface area contributed by atoms with Crippen LogP contribution in [0.1, 0.15) is 48.5 Å². The Labute approximate surface area is 174 Å². The van der Waals surface area contributed by atoms with Gasteiger partial charge in [0.05, 0.1) is 19.3 Å². The topological polar surface area (TPSA) is 66.0 Å². The first kappa shape index (κ1) is 26.1. The molecule has 0 heterocycles. The van der Waals surface area contributed by atoms with Gasteiger partial charge < -0.3 is 24.0 Å². The van der Waals surface area contributed by atoms with Gasteiger partial charge in [-0.2, -0.15) is 0 Å². The fourth-order valence-electron chi connectivity index (χ4n) is 1.76. The summed E-state index contributed by atoms with van der Waals surface area (Å²) in [6.45, 7) is 20.3.